The molecule has 0 unspecified atom stereocenters. The molecule has 0 bridgehead atoms. The number of rotatable bonds is 0. The lowest BCUT2D eigenvalue weighted by Crippen LogP contribution is -2.05. The third-order valence-corrected chi connectivity index (χ3v) is 3.41. The van der Waals surface area contributed by atoms with E-state index in [1.54, 1.807) is 0 Å². The molecule has 0 atom stereocenters. The second-order valence-electron chi connectivity index (χ2n) is 4.52. The van der Waals surface area contributed by atoms with E-state index in [4.69, 9.17) is 4.74 Å². The van der Waals surface area contributed by atoms with E-state index in [-0.39, 0.29) is 0 Å². The van der Waals surface area contributed by atoms with E-state index in [2.05, 4.69) is 29.2 Å². The molecular weight excluding hydrogens is 222 g/mol. The number of nitrogens with zero attached hydrogens (tertiary/aromatic N) is 1. The predicted octanol–water partition coefficient (Wildman–Crippen LogP) is 3.93. The molecule has 0 N–H and O–H groups in total. The van der Waals surface area contributed by atoms with Crippen LogP contribution < -0.4 is 4.74 Å². The van der Waals surface area contributed by atoms with Gasteiger partial charge in [0.15, 0.2) is 0 Å². The van der Waals surface area contributed by atoms with Gasteiger partial charge in [-0.25, -0.2) is 4.98 Å². The highest BCUT2D eigenvalue weighted by atomic mass is 16.5. The summed E-state index contributed by atoms with van der Waals surface area (Å²) in [6.07, 6.45) is 2.77. The fourth-order valence-electron chi connectivity index (χ4n) is 2.51. The molecule has 0 fully saturated rings. The summed E-state index contributed by atoms with van der Waals surface area (Å²) < 4.78 is 5.87. The van der Waals surface area contributed by atoms with Crippen LogP contribution >= 0.6 is 0 Å². The van der Waals surface area contributed by atoms with Gasteiger partial charge in [0.25, 0.3) is 0 Å². The minimum Gasteiger partial charge on any atom is -0.438 e. The zero-order valence-corrected chi connectivity index (χ0v) is 9.76. The Balaban J connectivity index is 1.98. The maximum absolute atomic E-state index is 5.87. The van der Waals surface area contributed by atoms with Gasteiger partial charge in [0.05, 0.1) is 0 Å². The topological polar surface area (TPSA) is 22.1 Å². The Hall–Kier alpha value is -2.35. The molecule has 2 heteroatoms. The summed E-state index contributed by atoms with van der Waals surface area (Å²) in [5.41, 5.74) is 2.41. The molecule has 2 nitrogen and oxygen atoms in total. The zero-order valence-electron chi connectivity index (χ0n) is 9.76. The van der Waals surface area contributed by atoms with Gasteiger partial charge in [-0.15, -0.1) is 0 Å². The van der Waals surface area contributed by atoms with Crippen molar-refractivity contribution >= 4 is 10.8 Å². The second kappa shape index (κ2) is 3.57. The van der Waals surface area contributed by atoms with Crippen LogP contribution in [0.2, 0.25) is 0 Å². The summed E-state index contributed by atoms with van der Waals surface area (Å²) in [7, 11) is 0. The Morgan fingerprint density at radius 2 is 1.78 bits per heavy atom. The van der Waals surface area contributed by atoms with Gasteiger partial charge in [-0.05, 0) is 17.0 Å². The van der Waals surface area contributed by atoms with E-state index in [9.17, 15) is 0 Å². The fraction of sp³-hybridized carbons (Fsp3) is 0.0625. The molecule has 1 aliphatic heterocycles. The maximum Gasteiger partial charge on any atom is 0.223 e. The predicted molar refractivity (Wildman–Crippen MR) is 71.1 cm³/mol. The van der Waals surface area contributed by atoms with Crippen LogP contribution in [-0.2, 0) is 6.42 Å². The number of fused-ring (bicyclic) bond motifs is 4. The summed E-state index contributed by atoms with van der Waals surface area (Å²) in [5, 5.41) is 2.40. The first-order valence-corrected chi connectivity index (χ1v) is 6.04. The van der Waals surface area contributed by atoms with E-state index < -0.39 is 0 Å². The van der Waals surface area contributed by atoms with E-state index in [0.717, 1.165) is 18.1 Å². The van der Waals surface area contributed by atoms with Crippen LogP contribution in [0.4, 0.5) is 0 Å². The molecule has 0 spiro atoms. The van der Waals surface area contributed by atoms with Gasteiger partial charge in [0.2, 0.25) is 5.88 Å². The molecule has 0 saturated heterocycles. The molecule has 1 aromatic heterocycles. The van der Waals surface area contributed by atoms with Crippen molar-refractivity contribution in [1.82, 2.24) is 4.98 Å². The average molecular weight is 233 g/mol. The SMILES string of the molecule is c1ccc2c(c1)Cc1c(ncc3ccccc13)O2. The normalized spacial score (nSPS) is 12.7. The number of hydrogen-bond acceptors (Lipinski definition) is 2. The van der Waals surface area contributed by atoms with Crippen LogP contribution in [0.3, 0.4) is 0 Å². The summed E-state index contributed by atoms with van der Waals surface area (Å²) in [4.78, 5) is 4.42. The van der Waals surface area contributed by atoms with Gasteiger partial charge in [-0.1, -0.05) is 42.5 Å². The van der Waals surface area contributed by atoms with Crippen LogP contribution in [0, 0.1) is 0 Å². The molecule has 0 aliphatic carbocycles. The molecule has 0 radical (unpaired) electrons. The summed E-state index contributed by atoms with van der Waals surface area (Å²) >= 11 is 0. The van der Waals surface area contributed by atoms with Crippen LogP contribution in [0.25, 0.3) is 10.8 Å². The van der Waals surface area contributed by atoms with Gasteiger partial charge in [-0.3, -0.25) is 0 Å². The molecular formula is C16H11NO. The Bertz CT molecular complexity index is 749. The van der Waals surface area contributed by atoms with Crippen LogP contribution in [-0.4, -0.2) is 4.98 Å². The Morgan fingerprint density at radius 3 is 2.78 bits per heavy atom. The minimum atomic E-state index is 0.743. The summed E-state index contributed by atoms with van der Waals surface area (Å²) in [6.45, 7) is 0. The molecule has 86 valence electrons. The molecule has 3 aromatic rings. The molecule has 2 aromatic carbocycles. The largest absolute Gasteiger partial charge is 0.438 e. The van der Waals surface area contributed by atoms with Crippen molar-refractivity contribution in [2.45, 2.75) is 6.42 Å². The van der Waals surface area contributed by atoms with Crippen molar-refractivity contribution in [3.63, 3.8) is 0 Å². The highest BCUT2D eigenvalue weighted by Gasteiger charge is 2.19. The Kier molecular flexibility index (Phi) is 1.92. The smallest absolute Gasteiger partial charge is 0.223 e. The van der Waals surface area contributed by atoms with Crippen molar-refractivity contribution in [1.29, 1.82) is 0 Å². The highest BCUT2D eigenvalue weighted by molar-refractivity contribution is 5.87. The molecule has 1 aliphatic rings. The van der Waals surface area contributed by atoms with E-state index in [1.807, 2.05) is 30.5 Å². The van der Waals surface area contributed by atoms with Gasteiger partial charge < -0.3 is 4.74 Å². The van der Waals surface area contributed by atoms with Gasteiger partial charge in [-0.2, -0.15) is 0 Å². The Labute approximate surface area is 105 Å². The van der Waals surface area contributed by atoms with Gasteiger partial charge >= 0.3 is 0 Å². The third-order valence-electron chi connectivity index (χ3n) is 3.41. The van der Waals surface area contributed by atoms with Gasteiger partial charge in [0.1, 0.15) is 5.75 Å². The number of pyridine rings is 1. The lowest BCUT2D eigenvalue weighted by Gasteiger charge is -2.20. The lowest BCUT2D eigenvalue weighted by molar-refractivity contribution is 0.442. The average Bonchev–Trinajstić information content (AvgIpc) is 2.45. The van der Waals surface area contributed by atoms with Crippen molar-refractivity contribution in [3.8, 4) is 11.6 Å². The van der Waals surface area contributed by atoms with Crippen molar-refractivity contribution in [3.05, 3.63) is 65.9 Å². The lowest BCUT2D eigenvalue weighted by atomic mass is 9.98. The number of hydrogen-bond donors (Lipinski definition) is 0. The van der Waals surface area contributed by atoms with Crippen molar-refractivity contribution < 1.29 is 4.74 Å². The summed E-state index contributed by atoms with van der Waals surface area (Å²) in [5.74, 6) is 1.67. The molecule has 4 rings (SSSR count). The number of benzene rings is 2. The van der Waals surface area contributed by atoms with Crippen LogP contribution in [0.1, 0.15) is 11.1 Å². The van der Waals surface area contributed by atoms with Crippen molar-refractivity contribution in [2.24, 2.45) is 0 Å². The molecule has 18 heavy (non-hydrogen) atoms. The molecule has 0 saturated carbocycles. The Morgan fingerprint density at radius 1 is 0.944 bits per heavy atom. The number of para-hydroxylation sites is 1. The maximum atomic E-state index is 5.87. The quantitative estimate of drug-likeness (QED) is 0.459. The minimum absolute atomic E-state index is 0.743. The van der Waals surface area contributed by atoms with E-state index in [0.29, 0.717) is 0 Å². The fourth-order valence-corrected chi connectivity index (χ4v) is 2.51. The first kappa shape index (κ1) is 9.66. The first-order chi connectivity index (χ1) is 8.92. The standard InChI is InChI=1S/C16H11NO/c1-3-7-13-12(6-1)10-17-16-14(13)9-11-5-2-4-8-15(11)18-16/h1-8,10H,9H2. The monoisotopic (exact) mass is 233 g/mol. The number of aromatic nitrogens is 1. The van der Waals surface area contributed by atoms with Crippen molar-refractivity contribution in [2.75, 3.05) is 0 Å². The second-order valence-corrected chi connectivity index (χ2v) is 4.52. The van der Waals surface area contributed by atoms with E-state index in [1.165, 1.54) is 21.9 Å². The number of ether oxygens (including phenoxy) is 1. The van der Waals surface area contributed by atoms with Crippen LogP contribution in [0.5, 0.6) is 11.6 Å². The third kappa shape index (κ3) is 1.32. The van der Waals surface area contributed by atoms with Gasteiger partial charge in [0, 0.05) is 23.6 Å². The zero-order chi connectivity index (χ0) is 11.9. The molecule has 2 heterocycles. The summed E-state index contributed by atoms with van der Waals surface area (Å²) in [6, 6.07) is 16.5. The highest BCUT2D eigenvalue weighted by Crippen LogP contribution is 2.37. The molecule has 0 amide bonds. The first-order valence-electron chi connectivity index (χ1n) is 6.04. The van der Waals surface area contributed by atoms with E-state index >= 15 is 0 Å². The van der Waals surface area contributed by atoms with Crippen LogP contribution in [0.15, 0.2) is 54.7 Å².